The number of ether oxygens (including phenoxy) is 1. The van der Waals surface area contributed by atoms with E-state index in [0.29, 0.717) is 5.92 Å². The molecule has 106 valence electrons. The van der Waals surface area contributed by atoms with E-state index in [-0.39, 0.29) is 6.04 Å². The van der Waals surface area contributed by atoms with E-state index in [1.165, 1.54) is 11.1 Å². The van der Waals surface area contributed by atoms with Crippen LogP contribution in [0, 0.1) is 5.92 Å². The lowest BCUT2D eigenvalue weighted by Crippen LogP contribution is -2.40. The molecule has 1 heterocycles. The Morgan fingerprint density at radius 2 is 1.79 bits per heavy atom. The second kappa shape index (κ2) is 7.04. The Balaban J connectivity index is 1.89. The average Bonchev–Trinajstić information content (AvgIpc) is 2.40. The summed E-state index contributed by atoms with van der Waals surface area (Å²) in [5.74, 6) is 0.702. The van der Waals surface area contributed by atoms with Gasteiger partial charge in [-0.2, -0.15) is 0 Å². The zero-order valence-electron chi connectivity index (χ0n) is 12.1. The van der Waals surface area contributed by atoms with Crippen LogP contribution in [-0.4, -0.2) is 37.7 Å². The number of morpholine rings is 1. The molecule has 1 aromatic rings. The summed E-state index contributed by atoms with van der Waals surface area (Å²) in [6.45, 7) is 9.08. The minimum Gasteiger partial charge on any atom is -0.379 e. The van der Waals surface area contributed by atoms with Gasteiger partial charge in [0, 0.05) is 25.7 Å². The van der Waals surface area contributed by atoms with Crippen LogP contribution < -0.4 is 5.73 Å². The summed E-state index contributed by atoms with van der Waals surface area (Å²) in [6.07, 6.45) is 1.14. The van der Waals surface area contributed by atoms with E-state index in [1.807, 2.05) is 0 Å². The van der Waals surface area contributed by atoms with Crippen LogP contribution in [0.4, 0.5) is 0 Å². The van der Waals surface area contributed by atoms with Gasteiger partial charge >= 0.3 is 0 Å². The van der Waals surface area contributed by atoms with Gasteiger partial charge in [-0.25, -0.2) is 0 Å². The lowest BCUT2D eigenvalue weighted by Gasteiger charge is -2.29. The summed E-state index contributed by atoms with van der Waals surface area (Å²) < 4.78 is 5.36. The van der Waals surface area contributed by atoms with E-state index in [9.17, 15) is 0 Å². The van der Waals surface area contributed by atoms with Gasteiger partial charge in [-0.1, -0.05) is 38.1 Å². The molecular weight excluding hydrogens is 236 g/mol. The summed E-state index contributed by atoms with van der Waals surface area (Å²) in [5.41, 5.74) is 8.93. The van der Waals surface area contributed by atoms with E-state index in [2.05, 4.69) is 43.0 Å². The third-order valence-corrected chi connectivity index (χ3v) is 3.61. The third-order valence-electron chi connectivity index (χ3n) is 3.61. The maximum Gasteiger partial charge on any atom is 0.0594 e. The van der Waals surface area contributed by atoms with E-state index in [1.54, 1.807) is 0 Å². The molecule has 2 N–H and O–H groups in total. The Labute approximate surface area is 116 Å². The molecule has 1 atom stereocenters. The molecule has 0 aliphatic carbocycles. The van der Waals surface area contributed by atoms with Gasteiger partial charge in [-0.05, 0) is 23.5 Å². The predicted octanol–water partition coefficient (Wildman–Crippen LogP) is 2.22. The molecule has 1 aliphatic rings. The van der Waals surface area contributed by atoms with Gasteiger partial charge in [0.1, 0.15) is 0 Å². The molecule has 2 rings (SSSR count). The van der Waals surface area contributed by atoms with Crippen LogP contribution in [0.2, 0.25) is 0 Å². The number of nitrogens with two attached hydrogens (primary N) is 1. The highest BCUT2D eigenvalue weighted by Gasteiger charge is 2.15. The van der Waals surface area contributed by atoms with Crippen molar-refractivity contribution in [3.63, 3.8) is 0 Å². The topological polar surface area (TPSA) is 38.5 Å². The van der Waals surface area contributed by atoms with Crippen LogP contribution in [-0.2, 0) is 11.2 Å². The quantitative estimate of drug-likeness (QED) is 0.884. The van der Waals surface area contributed by atoms with Crippen molar-refractivity contribution in [2.75, 3.05) is 32.8 Å². The van der Waals surface area contributed by atoms with Crippen molar-refractivity contribution in [3.8, 4) is 0 Å². The van der Waals surface area contributed by atoms with Crippen molar-refractivity contribution in [2.24, 2.45) is 11.7 Å². The molecule has 3 heteroatoms. The maximum absolute atomic E-state index is 6.29. The Kier molecular flexibility index (Phi) is 5.37. The first-order chi connectivity index (χ1) is 9.15. The molecule has 1 fully saturated rings. The van der Waals surface area contributed by atoms with Crippen molar-refractivity contribution in [1.29, 1.82) is 0 Å². The smallest absolute Gasteiger partial charge is 0.0594 e. The van der Waals surface area contributed by atoms with Crippen molar-refractivity contribution in [1.82, 2.24) is 4.90 Å². The molecule has 0 amide bonds. The van der Waals surface area contributed by atoms with Gasteiger partial charge in [0.15, 0.2) is 0 Å². The Morgan fingerprint density at radius 3 is 2.37 bits per heavy atom. The van der Waals surface area contributed by atoms with Crippen LogP contribution in [0.15, 0.2) is 24.3 Å². The summed E-state index contributed by atoms with van der Waals surface area (Å²) in [7, 11) is 0. The van der Waals surface area contributed by atoms with Crippen LogP contribution in [0.1, 0.15) is 31.0 Å². The fourth-order valence-corrected chi connectivity index (χ4v) is 2.54. The Bertz CT molecular complexity index is 369. The summed E-state index contributed by atoms with van der Waals surface area (Å²) in [4.78, 5) is 2.39. The molecule has 0 spiro atoms. The van der Waals surface area contributed by atoms with Gasteiger partial charge in [0.05, 0.1) is 13.2 Å². The average molecular weight is 262 g/mol. The minimum atomic E-state index is 0.103. The Hall–Kier alpha value is -0.900. The molecule has 0 aromatic heterocycles. The fraction of sp³-hybridized carbons (Fsp3) is 0.625. The number of rotatable bonds is 5. The normalized spacial score (nSPS) is 18.7. The van der Waals surface area contributed by atoms with Crippen molar-refractivity contribution in [2.45, 2.75) is 26.3 Å². The van der Waals surface area contributed by atoms with Crippen molar-refractivity contribution in [3.05, 3.63) is 35.4 Å². The largest absolute Gasteiger partial charge is 0.379 e. The predicted molar refractivity (Wildman–Crippen MR) is 79.2 cm³/mol. The second-order valence-corrected chi connectivity index (χ2v) is 5.86. The zero-order chi connectivity index (χ0) is 13.7. The lowest BCUT2D eigenvalue weighted by atomic mass is 9.99. The van der Waals surface area contributed by atoms with Gasteiger partial charge in [0.2, 0.25) is 0 Å². The standard InChI is InChI=1S/C16H26N2O/c1-13(2)11-14-3-5-15(6-4-14)16(17)12-18-7-9-19-10-8-18/h3-6,13,16H,7-12,17H2,1-2H3. The fourth-order valence-electron chi connectivity index (χ4n) is 2.54. The minimum absolute atomic E-state index is 0.103. The molecule has 0 saturated carbocycles. The summed E-state index contributed by atoms with van der Waals surface area (Å²) in [6, 6.07) is 8.90. The molecule has 1 unspecified atom stereocenters. The molecule has 0 bridgehead atoms. The first kappa shape index (κ1) is 14.5. The molecule has 0 radical (unpaired) electrons. The summed E-state index contributed by atoms with van der Waals surface area (Å²) in [5, 5.41) is 0. The van der Waals surface area contributed by atoms with E-state index in [0.717, 1.165) is 39.3 Å². The van der Waals surface area contributed by atoms with Gasteiger partial charge in [-0.15, -0.1) is 0 Å². The molecule has 3 nitrogen and oxygen atoms in total. The number of benzene rings is 1. The third kappa shape index (κ3) is 4.60. The number of nitrogens with zero attached hydrogens (tertiary/aromatic N) is 1. The van der Waals surface area contributed by atoms with E-state index >= 15 is 0 Å². The van der Waals surface area contributed by atoms with E-state index < -0.39 is 0 Å². The number of hydrogen-bond acceptors (Lipinski definition) is 3. The van der Waals surface area contributed by atoms with Gasteiger partial charge in [0.25, 0.3) is 0 Å². The molecule has 1 aliphatic heterocycles. The van der Waals surface area contributed by atoms with Crippen LogP contribution in [0.3, 0.4) is 0 Å². The molecule has 1 saturated heterocycles. The van der Waals surface area contributed by atoms with Crippen LogP contribution in [0.5, 0.6) is 0 Å². The highest BCUT2D eigenvalue weighted by molar-refractivity contribution is 5.25. The second-order valence-electron chi connectivity index (χ2n) is 5.86. The van der Waals surface area contributed by atoms with Crippen LogP contribution in [0.25, 0.3) is 0 Å². The lowest BCUT2D eigenvalue weighted by molar-refractivity contribution is 0.0352. The first-order valence-corrected chi connectivity index (χ1v) is 7.29. The number of hydrogen-bond donors (Lipinski definition) is 1. The monoisotopic (exact) mass is 262 g/mol. The van der Waals surface area contributed by atoms with Gasteiger partial charge in [-0.3, -0.25) is 4.90 Å². The highest BCUT2D eigenvalue weighted by atomic mass is 16.5. The maximum atomic E-state index is 6.29. The van der Waals surface area contributed by atoms with Crippen molar-refractivity contribution < 1.29 is 4.74 Å². The molecule has 1 aromatic carbocycles. The summed E-state index contributed by atoms with van der Waals surface area (Å²) >= 11 is 0. The first-order valence-electron chi connectivity index (χ1n) is 7.29. The van der Waals surface area contributed by atoms with Crippen LogP contribution >= 0.6 is 0 Å². The van der Waals surface area contributed by atoms with E-state index in [4.69, 9.17) is 10.5 Å². The molecule has 19 heavy (non-hydrogen) atoms. The Morgan fingerprint density at radius 1 is 1.16 bits per heavy atom. The highest BCUT2D eigenvalue weighted by Crippen LogP contribution is 2.15. The SMILES string of the molecule is CC(C)Cc1ccc(C(N)CN2CCOCC2)cc1. The van der Waals surface area contributed by atoms with Crippen molar-refractivity contribution >= 4 is 0 Å². The zero-order valence-corrected chi connectivity index (χ0v) is 12.1. The van der Waals surface area contributed by atoms with Gasteiger partial charge < -0.3 is 10.5 Å². The molecular formula is C16H26N2O.